The van der Waals surface area contributed by atoms with E-state index in [-0.39, 0.29) is 0 Å². The molecule has 0 aromatic heterocycles. The molecule has 11 heavy (non-hydrogen) atoms. The molecule has 0 heterocycles. The van der Waals surface area contributed by atoms with Gasteiger partial charge in [0.1, 0.15) is 0 Å². The molecular weight excluding hydrogens is 132 g/mol. The van der Waals surface area contributed by atoms with Crippen LogP contribution in [0.2, 0.25) is 0 Å². The third-order valence-electron chi connectivity index (χ3n) is 3.13. The number of allylic oxidation sites excluding steroid dienone is 2. The lowest BCUT2D eigenvalue weighted by Crippen LogP contribution is -2.13. The van der Waals surface area contributed by atoms with Gasteiger partial charge in [-0.05, 0) is 38.0 Å². The summed E-state index contributed by atoms with van der Waals surface area (Å²) < 4.78 is 0. The highest BCUT2D eigenvalue weighted by molar-refractivity contribution is 5.03. The summed E-state index contributed by atoms with van der Waals surface area (Å²) in [5, 5.41) is 0. The van der Waals surface area contributed by atoms with Gasteiger partial charge >= 0.3 is 0 Å². The van der Waals surface area contributed by atoms with E-state index < -0.39 is 0 Å². The molecule has 1 rings (SSSR count). The first-order valence-corrected chi connectivity index (χ1v) is 4.89. The summed E-state index contributed by atoms with van der Waals surface area (Å²) in [5.74, 6) is 1.91. The van der Waals surface area contributed by atoms with Crippen LogP contribution in [0.3, 0.4) is 0 Å². The van der Waals surface area contributed by atoms with Gasteiger partial charge in [0.2, 0.25) is 0 Å². The third-order valence-corrected chi connectivity index (χ3v) is 3.13. The Balaban J connectivity index is 2.40. The van der Waals surface area contributed by atoms with E-state index in [4.69, 9.17) is 0 Å². The van der Waals surface area contributed by atoms with Crippen LogP contribution in [0.25, 0.3) is 0 Å². The van der Waals surface area contributed by atoms with Gasteiger partial charge in [-0.1, -0.05) is 31.9 Å². The van der Waals surface area contributed by atoms with Crippen molar-refractivity contribution < 1.29 is 0 Å². The van der Waals surface area contributed by atoms with Crippen LogP contribution in [0.15, 0.2) is 11.6 Å². The molecule has 0 aromatic rings. The van der Waals surface area contributed by atoms with Gasteiger partial charge in [-0.15, -0.1) is 0 Å². The number of rotatable bonds is 2. The zero-order valence-corrected chi connectivity index (χ0v) is 8.06. The second kappa shape index (κ2) is 3.94. The molecule has 0 amide bonds. The maximum absolute atomic E-state index is 2.43. The molecule has 0 aliphatic heterocycles. The van der Waals surface area contributed by atoms with Gasteiger partial charge in [0.05, 0.1) is 0 Å². The lowest BCUT2D eigenvalue weighted by Gasteiger charge is -2.25. The highest BCUT2D eigenvalue weighted by Crippen LogP contribution is 2.30. The first-order chi connectivity index (χ1) is 5.24. The van der Waals surface area contributed by atoms with Gasteiger partial charge in [0.25, 0.3) is 0 Å². The smallest absolute Gasteiger partial charge is 0.0317 e. The molecule has 1 aliphatic carbocycles. The predicted molar refractivity (Wildman–Crippen MR) is 50.6 cm³/mol. The van der Waals surface area contributed by atoms with Crippen molar-refractivity contribution in [1.82, 2.24) is 0 Å². The lowest BCUT2D eigenvalue weighted by atomic mass is 9.81. The molecule has 0 heteroatoms. The monoisotopic (exact) mass is 152 g/mol. The Morgan fingerprint density at radius 2 is 2.36 bits per heavy atom. The summed E-state index contributed by atoms with van der Waals surface area (Å²) in [6.45, 7) is 6.95. The molecule has 1 aliphatic rings. The molecule has 2 atom stereocenters. The van der Waals surface area contributed by atoms with E-state index in [1.165, 1.54) is 25.7 Å². The predicted octanol–water partition coefficient (Wildman–Crippen LogP) is 3.78. The molecule has 0 saturated heterocycles. The van der Waals surface area contributed by atoms with Gasteiger partial charge < -0.3 is 0 Å². The van der Waals surface area contributed by atoms with Crippen molar-refractivity contribution in [3.8, 4) is 0 Å². The summed E-state index contributed by atoms with van der Waals surface area (Å²) >= 11 is 0. The Labute approximate surface area is 70.7 Å². The zero-order valence-electron chi connectivity index (χ0n) is 8.06. The Morgan fingerprint density at radius 1 is 1.64 bits per heavy atom. The van der Waals surface area contributed by atoms with Gasteiger partial charge in [0.15, 0.2) is 0 Å². The highest BCUT2D eigenvalue weighted by Gasteiger charge is 2.17. The molecule has 0 unspecified atom stereocenters. The minimum atomic E-state index is 0.930. The normalized spacial score (nSPS) is 27.9. The topological polar surface area (TPSA) is 0 Å². The molecule has 64 valence electrons. The van der Waals surface area contributed by atoms with Crippen LogP contribution in [0, 0.1) is 11.8 Å². The van der Waals surface area contributed by atoms with E-state index in [1.807, 2.05) is 0 Å². The third kappa shape index (κ3) is 2.36. The highest BCUT2D eigenvalue weighted by atomic mass is 14.2. The largest absolute Gasteiger partial charge is 0.0853 e. The molecule has 0 saturated carbocycles. The summed E-state index contributed by atoms with van der Waals surface area (Å²) in [5.41, 5.74) is 1.60. The summed E-state index contributed by atoms with van der Waals surface area (Å²) in [4.78, 5) is 0. The molecule has 0 bridgehead atoms. The van der Waals surface area contributed by atoms with E-state index in [1.54, 1.807) is 5.57 Å². The molecule has 0 nitrogen and oxygen atoms in total. The average Bonchev–Trinajstić information content (AvgIpc) is 2.05. The second-order valence-electron chi connectivity index (χ2n) is 3.97. The fourth-order valence-electron chi connectivity index (χ4n) is 1.84. The Bertz CT molecular complexity index is 144. The SMILES string of the molecule is CC[C@@H](C)[C@@H]1CC=C(C)CC1. The summed E-state index contributed by atoms with van der Waals surface area (Å²) in [6, 6.07) is 0. The molecule has 0 N–H and O–H groups in total. The Morgan fingerprint density at radius 3 is 2.82 bits per heavy atom. The maximum Gasteiger partial charge on any atom is -0.0317 e. The van der Waals surface area contributed by atoms with Crippen molar-refractivity contribution in [3.63, 3.8) is 0 Å². The maximum atomic E-state index is 2.43. The van der Waals surface area contributed by atoms with Gasteiger partial charge in [0, 0.05) is 0 Å². The number of hydrogen-bond donors (Lipinski definition) is 0. The lowest BCUT2D eigenvalue weighted by molar-refractivity contribution is 0.319. The van der Waals surface area contributed by atoms with Crippen LogP contribution >= 0.6 is 0 Å². The van der Waals surface area contributed by atoms with Crippen LogP contribution in [-0.4, -0.2) is 0 Å². The number of hydrogen-bond acceptors (Lipinski definition) is 0. The molecule has 0 fully saturated rings. The molecular formula is C11H20. The van der Waals surface area contributed by atoms with Crippen molar-refractivity contribution in [1.29, 1.82) is 0 Å². The van der Waals surface area contributed by atoms with Crippen molar-refractivity contribution in [2.75, 3.05) is 0 Å². The fourth-order valence-corrected chi connectivity index (χ4v) is 1.84. The molecule has 0 aromatic carbocycles. The van der Waals surface area contributed by atoms with Gasteiger partial charge in [-0.2, -0.15) is 0 Å². The van der Waals surface area contributed by atoms with E-state index in [0.29, 0.717) is 0 Å². The molecule has 0 spiro atoms. The van der Waals surface area contributed by atoms with E-state index in [2.05, 4.69) is 26.8 Å². The Kier molecular flexibility index (Phi) is 3.16. The first-order valence-electron chi connectivity index (χ1n) is 4.89. The van der Waals surface area contributed by atoms with Crippen LogP contribution in [0.5, 0.6) is 0 Å². The van der Waals surface area contributed by atoms with Crippen LogP contribution in [0.4, 0.5) is 0 Å². The Hall–Kier alpha value is -0.260. The summed E-state index contributed by atoms with van der Waals surface area (Å²) in [6.07, 6.45) is 7.88. The van der Waals surface area contributed by atoms with E-state index in [0.717, 1.165) is 11.8 Å². The van der Waals surface area contributed by atoms with E-state index in [9.17, 15) is 0 Å². The minimum Gasteiger partial charge on any atom is -0.0853 e. The van der Waals surface area contributed by atoms with Crippen LogP contribution in [-0.2, 0) is 0 Å². The van der Waals surface area contributed by atoms with Crippen molar-refractivity contribution in [3.05, 3.63) is 11.6 Å². The van der Waals surface area contributed by atoms with Crippen LogP contribution in [0.1, 0.15) is 46.5 Å². The van der Waals surface area contributed by atoms with Crippen LogP contribution < -0.4 is 0 Å². The summed E-state index contributed by atoms with van der Waals surface area (Å²) in [7, 11) is 0. The van der Waals surface area contributed by atoms with Crippen molar-refractivity contribution in [2.45, 2.75) is 46.5 Å². The standard InChI is InChI=1S/C11H20/c1-4-10(3)11-7-5-9(2)6-8-11/h5,10-11H,4,6-8H2,1-3H3/t10-,11-/m1/s1. The first kappa shape index (κ1) is 8.83. The van der Waals surface area contributed by atoms with E-state index >= 15 is 0 Å². The average molecular weight is 152 g/mol. The second-order valence-corrected chi connectivity index (χ2v) is 3.97. The quantitative estimate of drug-likeness (QED) is 0.528. The minimum absolute atomic E-state index is 0.930. The van der Waals surface area contributed by atoms with Gasteiger partial charge in [-0.3, -0.25) is 0 Å². The molecule has 0 radical (unpaired) electrons. The van der Waals surface area contributed by atoms with Crippen molar-refractivity contribution >= 4 is 0 Å². The van der Waals surface area contributed by atoms with Crippen molar-refractivity contribution in [2.24, 2.45) is 11.8 Å². The fraction of sp³-hybridized carbons (Fsp3) is 0.818. The van der Waals surface area contributed by atoms with Gasteiger partial charge in [-0.25, -0.2) is 0 Å². The zero-order chi connectivity index (χ0) is 8.27.